The Bertz CT molecular complexity index is 1060. The zero-order valence-corrected chi connectivity index (χ0v) is 19.8. The van der Waals surface area contributed by atoms with E-state index < -0.39 is 8.32 Å². The number of morpholine rings is 1. The van der Waals surface area contributed by atoms with Crippen LogP contribution < -0.4 is 10.6 Å². The van der Waals surface area contributed by atoms with Crippen LogP contribution in [0, 0.1) is 0 Å². The van der Waals surface area contributed by atoms with Crippen molar-refractivity contribution in [1.82, 2.24) is 29.5 Å². The van der Waals surface area contributed by atoms with Crippen molar-refractivity contribution >= 4 is 25.7 Å². The number of anilines is 2. The van der Waals surface area contributed by atoms with E-state index >= 15 is 0 Å². The molecule has 10 nitrogen and oxygen atoms in total. The van der Waals surface area contributed by atoms with Gasteiger partial charge in [-0.2, -0.15) is 0 Å². The molecule has 4 heterocycles. The molecule has 0 amide bonds. The average Bonchev–Trinajstić information content (AvgIpc) is 3.15. The first-order valence-corrected chi connectivity index (χ1v) is 13.4. The van der Waals surface area contributed by atoms with Crippen molar-refractivity contribution in [2.24, 2.45) is 0 Å². The molecule has 0 unspecified atom stereocenters. The maximum atomic E-state index is 6.34. The molecular weight excluding hydrogens is 412 g/mol. The van der Waals surface area contributed by atoms with Gasteiger partial charge in [-0.3, -0.25) is 0 Å². The Balaban J connectivity index is 1.72. The number of hydrogen-bond donors (Lipinski definition) is 1. The second-order valence-corrected chi connectivity index (χ2v) is 14.0. The van der Waals surface area contributed by atoms with Crippen LogP contribution in [-0.4, -0.2) is 64.2 Å². The predicted octanol–water partition coefficient (Wildman–Crippen LogP) is 2.52. The Morgan fingerprint density at radius 2 is 1.81 bits per heavy atom. The molecular formula is C20H30N8O2Si. The SMILES string of the molecule is CC(C)(C)[Si](C)(C)OCc1nc2c(N3CCOCC3)nc(-c3cnc(N)nc3)cn2n1. The summed E-state index contributed by atoms with van der Waals surface area (Å²) in [5.74, 6) is 1.64. The highest BCUT2D eigenvalue weighted by Gasteiger charge is 2.37. The Morgan fingerprint density at radius 1 is 1.13 bits per heavy atom. The quantitative estimate of drug-likeness (QED) is 0.595. The largest absolute Gasteiger partial charge is 0.409 e. The van der Waals surface area contributed by atoms with Crippen molar-refractivity contribution in [3.8, 4) is 11.3 Å². The van der Waals surface area contributed by atoms with E-state index in [1.165, 1.54) is 0 Å². The van der Waals surface area contributed by atoms with Crippen molar-refractivity contribution in [2.45, 2.75) is 45.5 Å². The van der Waals surface area contributed by atoms with E-state index in [4.69, 9.17) is 30.0 Å². The Morgan fingerprint density at radius 3 is 2.45 bits per heavy atom. The van der Waals surface area contributed by atoms with Crippen molar-refractivity contribution < 1.29 is 9.16 Å². The first-order valence-electron chi connectivity index (χ1n) is 10.4. The summed E-state index contributed by atoms with van der Waals surface area (Å²) in [7, 11) is -1.91. The molecule has 1 aliphatic rings. The molecule has 166 valence electrons. The third kappa shape index (κ3) is 4.53. The van der Waals surface area contributed by atoms with Crippen LogP contribution in [0.3, 0.4) is 0 Å². The number of rotatable bonds is 5. The van der Waals surface area contributed by atoms with Gasteiger partial charge in [0, 0.05) is 31.0 Å². The van der Waals surface area contributed by atoms with Crippen LogP contribution >= 0.6 is 0 Å². The molecule has 31 heavy (non-hydrogen) atoms. The standard InChI is InChI=1S/C20H30N8O2Si/c1-20(2,3)31(4,5)30-13-16-25-18-17(27-6-8-29-9-7-27)24-15(12-28(18)26-16)14-10-22-19(21)23-11-14/h10-12H,6-9,13H2,1-5H3,(H2,21,22,23). The Kier molecular flexibility index (Phi) is 5.67. The fourth-order valence-electron chi connectivity index (χ4n) is 3.04. The second kappa shape index (κ2) is 8.13. The van der Waals surface area contributed by atoms with Crippen LogP contribution in [0.2, 0.25) is 18.1 Å². The van der Waals surface area contributed by atoms with Gasteiger partial charge in [0.15, 0.2) is 25.6 Å². The van der Waals surface area contributed by atoms with Crippen molar-refractivity contribution in [2.75, 3.05) is 36.9 Å². The first kappa shape index (κ1) is 21.6. The van der Waals surface area contributed by atoms with Crippen LogP contribution in [0.1, 0.15) is 26.6 Å². The number of nitrogens with zero attached hydrogens (tertiary/aromatic N) is 7. The van der Waals surface area contributed by atoms with Gasteiger partial charge in [-0.25, -0.2) is 24.5 Å². The average molecular weight is 443 g/mol. The molecule has 0 radical (unpaired) electrons. The van der Waals surface area contributed by atoms with Crippen LogP contribution in [0.15, 0.2) is 18.6 Å². The van der Waals surface area contributed by atoms with Gasteiger partial charge in [-0.15, -0.1) is 5.10 Å². The summed E-state index contributed by atoms with van der Waals surface area (Å²) in [4.78, 5) is 20.0. The van der Waals surface area contributed by atoms with Crippen molar-refractivity contribution in [1.29, 1.82) is 0 Å². The van der Waals surface area contributed by atoms with Gasteiger partial charge >= 0.3 is 0 Å². The summed E-state index contributed by atoms with van der Waals surface area (Å²) in [5, 5.41) is 4.82. The maximum absolute atomic E-state index is 6.34. The number of ether oxygens (including phenoxy) is 1. The summed E-state index contributed by atoms with van der Waals surface area (Å²) in [5.41, 5.74) is 7.81. The molecule has 11 heteroatoms. The van der Waals surface area contributed by atoms with E-state index in [1.807, 2.05) is 6.20 Å². The molecule has 2 N–H and O–H groups in total. The molecule has 1 aliphatic heterocycles. The van der Waals surface area contributed by atoms with Crippen molar-refractivity contribution in [3.63, 3.8) is 0 Å². The molecule has 0 aromatic carbocycles. The zero-order chi connectivity index (χ0) is 22.2. The van der Waals surface area contributed by atoms with E-state index in [-0.39, 0.29) is 11.0 Å². The second-order valence-electron chi connectivity index (χ2n) is 9.22. The molecule has 1 saturated heterocycles. The van der Waals surface area contributed by atoms with Gasteiger partial charge in [-0.1, -0.05) is 20.8 Å². The van der Waals surface area contributed by atoms with E-state index in [1.54, 1.807) is 16.9 Å². The fourth-order valence-corrected chi connectivity index (χ4v) is 3.96. The van der Waals surface area contributed by atoms with Gasteiger partial charge in [0.25, 0.3) is 0 Å². The number of nitrogens with two attached hydrogens (primary N) is 1. The first-order chi connectivity index (χ1) is 14.6. The number of hydrogen-bond acceptors (Lipinski definition) is 9. The summed E-state index contributed by atoms with van der Waals surface area (Å²) < 4.78 is 13.6. The van der Waals surface area contributed by atoms with E-state index in [0.717, 1.165) is 24.5 Å². The molecule has 4 rings (SSSR count). The summed E-state index contributed by atoms with van der Waals surface area (Å²) in [6.45, 7) is 14.3. The summed E-state index contributed by atoms with van der Waals surface area (Å²) >= 11 is 0. The van der Waals surface area contributed by atoms with E-state index in [2.05, 4.69) is 48.7 Å². The lowest BCUT2D eigenvalue weighted by Gasteiger charge is -2.35. The molecule has 0 aliphatic carbocycles. The van der Waals surface area contributed by atoms with Gasteiger partial charge in [0.05, 0.1) is 31.7 Å². The lowest BCUT2D eigenvalue weighted by Crippen LogP contribution is -2.40. The van der Waals surface area contributed by atoms with Crippen LogP contribution in [0.25, 0.3) is 16.9 Å². The topological polar surface area (TPSA) is 117 Å². The highest BCUT2D eigenvalue weighted by Crippen LogP contribution is 2.37. The van der Waals surface area contributed by atoms with Gasteiger partial charge in [-0.05, 0) is 18.1 Å². The number of nitrogen functional groups attached to an aromatic ring is 1. The van der Waals surface area contributed by atoms with Gasteiger partial charge in [0.2, 0.25) is 5.95 Å². The minimum Gasteiger partial charge on any atom is -0.409 e. The van der Waals surface area contributed by atoms with Crippen LogP contribution in [0.4, 0.5) is 11.8 Å². The summed E-state index contributed by atoms with van der Waals surface area (Å²) in [6.07, 6.45) is 5.17. The fraction of sp³-hybridized carbons (Fsp3) is 0.550. The highest BCUT2D eigenvalue weighted by molar-refractivity contribution is 6.74. The molecule has 1 fully saturated rings. The van der Waals surface area contributed by atoms with Crippen molar-refractivity contribution in [3.05, 3.63) is 24.4 Å². The molecule has 0 bridgehead atoms. The van der Waals surface area contributed by atoms with Crippen LogP contribution in [-0.2, 0) is 15.8 Å². The Labute approximate surface area is 183 Å². The minimum absolute atomic E-state index is 0.120. The molecule has 0 spiro atoms. The minimum atomic E-state index is -1.91. The smallest absolute Gasteiger partial charge is 0.219 e. The normalized spacial score (nSPS) is 15.6. The van der Waals surface area contributed by atoms with E-state index in [9.17, 15) is 0 Å². The summed E-state index contributed by atoms with van der Waals surface area (Å²) in [6, 6.07) is 0. The third-order valence-corrected chi connectivity index (χ3v) is 10.5. The van der Waals surface area contributed by atoms with Gasteiger partial charge < -0.3 is 19.8 Å². The molecule has 3 aromatic heterocycles. The molecule has 3 aromatic rings. The maximum Gasteiger partial charge on any atom is 0.219 e. The predicted molar refractivity (Wildman–Crippen MR) is 121 cm³/mol. The van der Waals surface area contributed by atoms with Crippen LogP contribution in [0.5, 0.6) is 0 Å². The number of fused-ring (bicyclic) bond motifs is 1. The Hall–Kier alpha value is -2.63. The highest BCUT2D eigenvalue weighted by atomic mass is 28.4. The molecule has 0 atom stereocenters. The monoisotopic (exact) mass is 442 g/mol. The lowest BCUT2D eigenvalue weighted by atomic mass is 10.2. The zero-order valence-electron chi connectivity index (χ0n) is 18.8. The van der Waals surface area contributed by atoms with Gasteiger partial charge in [0.1, 0.15) is 0 Å². The lowest BCUT2D eigenvalue weighted by molar-refractivity contribution is 0.122. The molecule has 0 saturated carbocycles. The third-order valence-electron chi connectivity index (χ3n) is 5.99. The number of aromatic nitrogens is 6. The van der Waals surface area contributed by atoms with E-state index in [0.29, 0.717) is 37.0 Å².